The third kappa shape index (κ3) is 7.45. The molecule has 0 aliphatic rings. The minimum Gasteiger partial charge on any atom is -0.435 e. The van der Waals surface area contributed by atoms with Gasteiger partial charge in [0.15, 0.2) is 0 Å². The van der Waals surface area contributed by atoms with Crippen molar-refractivity contribution in [3.63, 3.8) is 0 Å². The maximum absolute atomic E-state index is 12.1. The number of rotatable bonds is 7. The summed E-state index contributed by atoms with van der Waals surface area (Å²) in [5, 5.41) is 14.4. The number of alkyl halides is 2. The molecule has 0 aliphatic heterocycles. The molecular weight excluding hydrogens is 282 g/mol. The molecule has 1 aromatic carbocycles. The number of benzene rings is 1. The van der Waals surface area contributed by atoms with Gasteiger partial charge in [-0.2, -0.15) is 8.78 Å². The van der Waals surface area contributed by atoms with Gasteiger partial charge in [0, 0.05) is 18.3 Å². The summed E-state index contributed by atoms with van der Waals surface area (Å²) < 4.78 is 28.4. The highest BCUT2D eigenvalue weighted by molar-refractivity contribution is 5.89. The van der Waals surface area contributed by atoms with Crippen LogP contribution in [0.3, 0.4) is 0 Å². The molecule has 0 radical (unpaired) electrons. The Morgan fingerprint density at radius 3 is 2.71 bits per heavy atom. The van der Waals surface area contributed by atoms with E-state index < -0.39 is 18.7 Å². The SMILES string of the molecule is CC(O)CC(C)CNC(=O)Nc1cccc(OC(F)F)c1. The number of urea groups is 1. The number of halogens is 2. The lowest BCUT2D eigenvalue weighted by molar-refractivity contribution is -0.0498. The van der Waals surface area contributed by atoms with Crippen molar-refractivity contribution in [3.05, 3.63) is 24.3 Å². The van der Waals surface area contributed by atoms with E-state index in [9.17, 15) is 18.7 Å². The van der Waals surface area contributed by atoms with Crippen molar-refractivity contribution in [1.82, 2.24) is 5.32 Å². The van der Waals surface area contributed by atoms with E-state index >= 15 is 0 Å². The number of ether oxygens (including phenoxy) is 1. The highest BCUT2D eigenvalue weighted by Crippen LogP contribution is 2.19. The minimum absolute atomic E-state index is 0.0229. The molecule has 3 N–H and O–H groups in total. The number of hydrogen-bond acceptors (Lipinski definition) is 3. The fourth-order valence-corrected chi connectivity index (χ4v) is 1.86. The number of aliphatic hydroxyl groups is 1. The maximum atomic E-state index is 12.1. The molecule has 0 heterocycles. The van der Waals surface area contributed by atoms with Crippen molar-refractivity contribution in [2.45, 2.75) is 33.0 Å². The summed E-state index contributed by atoms with van der Waals surface area (Å²) in [6.45, 7) is 1.09. The van der Waals surface area contributed by atoms with E-state index in [0.717, 1.165) is 0 Å². The molecule has 118 valence electrons. The van der Waals surface area contributed by atoms with Gasteiger partial charge in [0.25, 0.3) is 0 Å². The normalized spacial score (nSPS) is 13.6. The second kappa shape index (κ2) is 8.41. The lowest BCUT2D eigenvalue weighted by Gasteiger charge is -2.15. The molecule has 0 bridgehead atoms. The van der Waals surface area contributed by atoms with Gasteiger partial charge in [-0.05, 0) is 31.4 Å². The van der Waals surface area contributed by atoms with Gasteiger partial charge in [-0.15, -0.1) is 0 Å². The van der Waals surface area contributed by atoms with Gasteiger partial charge in [0.2, 0.25) is 0 Å². The Balaban J connectivity index is 2.44. The van der Waals surface area contributed by atoms with Crippen LogP contribution in [0.1, 0.15) is 20.3 Å². The van der Waals surface area contributed by atoms with E-state index in [-0.39, 0.29) is 11.7 Å². The van der Waals surface area contributed by atoms with Crippen LogP contribution in [0.15, 0.2) is 24.3 Å². The van der Waals surface area contributed by atoms with E-state index in [2.05, 4.69) is 15.4 Å². The molecule has 0 fully saturated rings. The highest BCUT2D eigenvalue weighted by atomic mass is 19.3. The molecule has 0 spiro atoms. The number of hydrogen-bond donors (Lipinski definition) is 3. The zero-order valence-electron chi connectivity index (χ0n) is 12.0. The van der Waals surface area contributed by atoms with Crippen molar-refractivity contribution >= 4 is 11.7 Å². The van der Waals surface area contributed by atoms with Crippen molar-refractivity contribution in [1.29, 1.82) is 0 Å². The molecule has 2 amide bonds. The van der Waals surface area contributed by atoms with Crippen LogP contribution in [-0.2, 0) is 0 Å². The van der Waals surface area contributed by atoms with Gasteiger partial charge in [-0.3, -0.25) is 0 Å². The topological polar surface area (TPSA) is 70.6 Å². The first-order valence-electron chi connectivity index (χ1n) is 6.64. The fourth-order valence-electron chi connectivity index (χ4n) is 1.86. The largest absolute Gasteiger partial charge is 0.435 e. The Labute approximate surface area is 122 Å². The van der Waals surface area contributed by atoms with E-state index in [0.29, 0.717) is 18.7 Å². The smallest absolute Gasteiger partial charge is 0.387 e. The molecule has 5 nitrogen and oxygen atoms in total. The predicted molar refractivity (Wildman–Crippen MR) is 75.6 cm³/mol. The average molecular weight is 302 g/mol. The van der Waals surface area contributed by atoms with Crippen LogP contribution >= 0.6 is 0 Å². The monoisotopic (exact) mass is 302 g/mol. The van der Waals surface area contributed by atoms with Gasteiger partial charge in [0.05, 0.1) is 6.10 Å². The second-order valence-corrected chi connectivity index (χ2v) is 4.93. The van der Waals surface area contributed by atoms with Gasteiger partial charge >= 0.3 is 12.6 Å². The zero-order valence-corrected chi connectivity index (χ0v) is 12.0. The molecule has 2 unspecified atom stereocenters. The summed E-state index contributed by atoms with van der Waals surface area (Å²) in [5.74, 6) is 0.106. The number of carbonyl (C=O) groups excluding carboxylic acids is 1. The van der Waals surface area contributed by atoms with Crippen LogP contribution in [0.2, 0.25) is 0 Å². The fraction of sp³-hybridized carbons (Fsp3) is 0.500. The predicted octanol–water partition coefficient (Wildman–Crippen LogP) is 2.82. The number of carbonyl (C=O) groups is 1. The zero-order chi connectivity index (χ0) is 15.8. The first-order chi connectivity index (χ1) is 9.86. The number of anilines is 1. The average Bonchev–Trinajstić information content (AvgIpc) is 2.35. The lowest BCUT2D eigenvalue weighted by Crippen LogP contribution is -2.33. The van der Waals surface area contributed by atoms with E-state index in [4.69, 9.17) is 0 Å². The van der Waals surface area contributed by atoms with Crippen LogP contribution in [0, 0.1) is 5.92 Å². The minimum atomic E-state index is -2.91. The molecule has 0 saturated heterocycles. The Morgan fingerprint density at radius 1 is 1.38 bits per heavy atom. The first kappa shape index (κ1) is 17.2. The van der Waals surface area contributed by atoms with Crippen LogP contribution in [0.4, 0.5) is 19.3 Å². The van der Waals surface area contributed by atoms with E-state index in [1.54, 1.807) is 13.0 Å². The van der Waals surface area contributed by atoms with E-state index in [1.807, 2.05) is 6.92 Å². The van der Waals surface area contributed by atoms with Crippen LogP contribution in [0.25, 0.3) is 0 Å². The standard InChI is InChI=1S/C14H20F2N2O3/c1-9(6-10(2)19)8-17-14(20)18-11-4-3-5-12(7-11)21-13(15)16/h3-5,7,9-10,13,19H,6,8H2,1-2H3,(H2,17,18,20). The number of aliphatic hydroxyl groups excluding tert-OH is 1. The third-order valence-electron chi connectivity index (χ3n) is 2.67. The van der Waals surface area contributed by atoms with E-state index in [1.165, 1.54) is 18.2 Å². The Morgan fingerprint density at radius 2 is 2.10 bits per heavy atom. The summed E-state index contributed by atoms with van der Waals surface area (Å²) in [6, 6.07) is 5.31. The second-order valence-electron chi connectivity index (χ2n) is 4.93. The van der Waals surface area contributed by atoms with Gasteiger partial charge < -0.3 is 20.5 Å². The quantitative estimate of drug-likeness (QED) is 0.725. The molecule has 2 atom stereocenters. The molecule has 21 heavy (non-hydrogen) atoms. The number of amides is 2. The Hall–Kier alpha value is -1.89. The van der Waals surface area contributed by atoms with Gasteiger partial charge in [-0.25, -0.2) is 4.79 Å². The molecule has 1 rings (SSSR count). The number of nitrogens with one attached hydrogen (secondary N) is 2. The van der Waals surface area contributed by atoms with Gasteiger partial charge in [-0.1, -0.05) is 13.0 Å². The maximum Gasteiger partial charge on any atom is 0.387 e. The summed E-state index contributed by atoms with van der Waals surface area (Å²) in [7, 11) is 0. The van der Waals surface area contributed by atoms with Crippen LogP contribution in [-0.4, -0.2) is 30.4 Å². The summed E-state index contributed by atoms with van der Waals surface area (Å²) >= 11 is 0. The molecular formula is C14H20F2N2O3. The van der Waals surface area contributed by atoms with Crippen molar-refractivity contribution in [2.75, 3.05) is 11.9 Å². The summed E-state index contributed by atoms with van der Waals surface area (Å²) in [6.07, 6.45) is 0.158. The van der Waals surface area contributed by atoms with Crippen molar-refractivity contribution in [3.8, 4) is 5.75 Å². The summed E-state index contributed by atoms with van der Waals surface area (Å²) in [4.78, 5) is 11.7. The van der Waals surface area contributed by atoms with Crippen LogP contribution in [0.5, 0.6) is 5.75 Å². The highest BCUT2D eigenvalue weighted by Gasteiger charge is 2.09. The van der Waals surface area contributed by atoms with Crippen LogP contribution < -0.4 is 15.4 Å². The first-order valence-corrected chi connectivity index (χ1v) is 6.64. The molecule has 7 heteroatoms. The molecule has 0 saturated carbocycles. The third-order valence-corrected chi connectivity index (χ3v) is 2.67. The van der Waals surface area contributed by atoms with Crippen molar-refractivity contribution < 1.29 is 23.4 Å². The Kier molecular flexibility index (Phi) is 6.87. The van der Waals surface area contributed by atoms with Gasteiger partial charge in [0.1, 0.15) is 5.75 Å². The lowest BCUT2D eigenvalue weighted by atomic mass is 10.1. The van der Waals surface area contributed by atoms with Crippen molar-refractivity contribution in [2.24, 2.45) is 5.92 Å². The molecule has 0 aliphatic carbocycles. The summed E-state index contributed by atoms with van der Waals surface area (Å²) in [5.41, 5.74) is 0.355. The Bertz CT molecular complexity index is 456. The molecule has 1 aromatic rings. The molecule has 0 aromatic heterocycles.